The van der Waals surface area contributed by atoms with Gasteiger partial charge in [0, 0.05) is 25.2 Å². The van der Waals surface area contributed by atoms with E-state index in [1.807, 2.05) is 13.8 Å². The zero-order chi connectivity index (χ0) is 15.2. The van der Waals surface area contributed by atoms with Gasteiger partial charge in [-0.2, -0.15) is 17.4 Å². The van der Waals surface area contributed by atoms with Crippen molar-refractivity contribution in [1.29, 1.82) is 0 Å². The van der Waals surface area contributed by atoms with E-state index in [4.69, 9.17) is 0 Å². The van der Waals surface area contributed by atoms with Gasteiger partial charge in [0.25, 0.3) is 10.2 Å². The van der Waals surface area contributed by atoms with Gasteiger partial charge >= 0.3 is 0 Å². The first kappa shape index (κ1) is 17.9. The summed E-state index contributed by atoms with van der Waals surface area (Å²) in [7, 11) is -3.30. The van der Waals surface area contributed by atoms with Crippen LogP contribution in [0.2, 0.25) is 0 Å². The smallest absolute Gasteiger partial charge is 0.279 e. The molecule has 1 fully saturated rings. The van der Waals surface area contributed by atoms with Crippen molar-refractivity contribution in [2.24, 2.45) is 5.92 Å². The lowest BCUT2D eigenvalue weighted by Gasteiger charge is -2.32. The SMILES string of the molecule is CCC(CC)NS(=O)(=O)N1CCC(CNC(C)C)CC1. The molecule has 0 atom stereocenters. The number of hydrogen-bond donors (Lipinski definition) is 2. The molecule has 20 heavy (non-hydrogen) atoms. The van der Waals surface area contributed by atoms with E-state index in [9.17, 15) is 8.42 Å². The van der Waals surface area contributed by atoms with Crippen LogP contribution in [0.25, 0.3) is 0 Å². The highest BCUT2D eigenvalue weighted by molar-refractivity contribution is 7.87. The van der Waals surface area contributed by atoms with Gasteiger partial charge < -0.3 is 5.32 Å². The summed E-state index contributed by atoms with van der Waals surface area (Å²) in [6.07, 6.45) is 3.57. The van der Waals surface area contributed by atoms with E-state index in [0.29, 0.717) is 25.0 Å². The molecule has 0 aromatic rings. The molecule has 5 nitrogen and oxygen atoms in total. The Bertz CT molecular complexity index is 359. The van der Waals surface area contributed by atoms with Gasteiger partial charge in [-0.1, -0.05) is 27.7 Å². The Hall–Kier alpha value is -0.170. The largest absolute Gasteiger partial charge is 0.314 e. The highest BCUT2D eigenvalue weighted by atomic mass is 32.2. The standard InChI is InChI=1S/C14H31N3O2S/c1-5-14(6-2)16-20(18,19)17-9-7-13(8-10-17)11-15-12(3)4/h12-16H,5-11H2,1-4H3. The molecule has 0 saturated carbocycles. The van der Waals surface area contributed by atoms with Crippen molar-refractivity contribution < 1.29 is 8.42 Å². The third-order valence-corrected chi connectivity index (χ3v) is 5.71. The van der Waals surface area contributed by atoms with Gasteiger partial charge in [-0.05, 0) is 38.1 Å². The molecule has 1 aliphatic rings. The number of hydrogen-bond acceptors (Lipinski definition) is 3. The van der Waals surface area contributed by atoms with Crippen LogP contribution in [0.5, 0.6) is 0 Å². The van der Waals surface area contributed by atoms with Crippen LogP contribution in [0, 0.1) is 5.92 Å². The molecule has 120 valence electrons. The van der Waals surface area contributed by atoms with Crippen molar-refractivity contribution in [2.75, 3.05) is 19.6 Å². The lowest BCUT2D eigenvalue weighted by atomic mass is 9.98. The monoisotopic (exact) mass is 305 g/mol. The van der Waals surface area contributed by atoms with Crippen LogP contribution in [-0.2, 0) is 10.2 Å². The second-order valence-electron chi connectivity index (χ2n) is 6.04. The Morgan fingerprint density at radius 2 is 1.70 bits per heavy atom. The van der Waals surface area contributed by atoms with Gasteiger partial charge in [0.05, 0.1) is 0 Å². The Labute approximate surface area is 124 Å². The Morgan fingerprint density at radius 1 is 1.15 bits per heavy atom. The fraction of sp³-hybridized carbons (Fsp3) is 1.00. The molecule has 0 bridgehead atoms. The highest BCUT2D eigenvalue weighted by Crippen LogP contribution is 2.19. The molecule has 0 aromatic heterocycles. The predicted molar refractivity (Wildman–Crippen MR) is 83.9 cm³/mol. The molecule has 0 amide bonds. The normalized spacial score (nSPS) is 19.1. The van der Waals surface area contributed by atoms with Crippen LogP contribution in [0.15, 0.2) is 0 Å². The molecule has 1 heterocycles. The molecule has 0 spiro atoms. The van der Waals surface area contributed by atoms with Gasteiger partial charge in [0.15, 0.2) is 0 Å². The average molecular weight is 305 g/mol. The first-order chi connectivity index (χ1) is 9.39. The summed E-state index contributed by atoms with van der Waals surface area (Å²) in [5, 5.41) is 3.44. The van der Waals surface area contributed by atoms with Gasteiger partial charge in [-0.15, -0.1) is 0 Å². The Kier molecular flexibility index (Phi) is 7.43. The van der Waals surface area contributed by atoms with Gasteiger partial charge in [0.1, 0.15) is 0 Å². The average Bonchev–Trinajstić information content (AvgIpc) is 2.43. The summed E-state index contributed by atoms with van der Waals surface area (Å²) in [5.74, 6) is 0.594. The third kappa shape index (κ3) is 5.68. The Morgan fingerprint density at radius 3 is 2.15 bits per heavy atom. The summed E-state index contributed by atoms with van der Waals surface area (Å²) in [6.45, 7) is 10.6. The lowest BCUT2D eigenvalue weighted by molar-refractivity contribution is 0.260. The van der Waals surface area contributed by atoms with Gasteiger partial charge in [-0.3, -0.25) is 0 Å². The molecule has 1 rings (SSSR count). The minimum atomic E-state index is -3.30. The van der Waals surface area contributed by atoms with Crippen LogP contribution in [-0.4, -0.2) is 44.4 Å². The predicted octanol–water partition coefficient (Wildman–Crippen LogP) is 1.72. The minimum absolute atomic E-state index is 0.0559. The first-order valence-electron chi connectivity index (χ1n) is 7.89. The second kappa shape index (κ2) is 8.32. The molecule has 0 aromatic carbocycles. The van der Waals surface area contributed by atoms with Crippen LogP contribution >= 0.6 is 0 Å². The van der Waals surface area contributed by atoms with Gasteiger partial charge in [0.2, 0.25) is 0 Å². The quantitative estimate of drug-likeness (QED) is 0.718. The fourth-order valence-electron chi connectivity index (χ4n) is 2.50. The number of piperidine rings is 1. The molecular weight excluding hydrogens is 274 g/mol. The van der Waals surface area contributed by atoms with Crippen molar-refractivity contribution in [1.82, 2.24) is 14.3 Å². The summed E-state index contributed by atoms with van der Waals surface area (Å²) >= 11 is 0. The lowest BCUT2D eigenvalue weighted by Crippen LogP contribution is -2.49. The maximum atomic E-state index is 12.3. The van der Waals surface area contributed by atoms with E-state index < -0.39 is 10.2 Å². The zero-order valence-electron chi connectivity index (χ0n) is 13.4. The zero-order valence-corrected chi connectivity index (χ0v) is 14.2. The van der Waals surface area contributed by atoms with E-state index in [1.165, 1.54) is 0 Å². The highest BCUT2D eigenvalue weighted by Gasteiger charge is 2.28. The topological polar surface area (TPSA) is 61.4 Å². The van der Waals surface area contributed by atoms with Crippen molar-refractivity contribution in [3.05, 3.63) is 0 Å². The number of rotatable bonds is 8. The van der Waals surface area contributed by atoms with Crippen molar-refractivity contribution in [2.45, 2.75) is 65.5 Å². The molecule has 0 unspecified atom stereocenters. The third-order valence-electron chi connectivity index (χ3n) is 4.03. The second-order valence-corrected chi connectivity index (χ2v) is 7.74. The molecule has 6 heteroatoms. The first-order valence-corrected chi connectivity index (χ1v) is 9.33. The minimum Gasteiger partial charge on any atom is -0.314 e. The van der Waals surface area contributed by atoms with E-state index in [-0.39, 0.29) is 6.04 Å². The van der Waals surface area contributed by atoms with E-state index in [2.05, 4.69) is 23.9 Å². The number of nitrogens with one attached hydrogen (secondary N) is 2. The summed E-state index contributed by atoms with van der Waals surface area (Å²) in [6, 6.07) is 0.550. The maximum Gasteiger partial charge on any atom is 0.279 e. The van der Waals surface area contributed by atoms with Gasteiger partial charge in [-0.25, -0.2) is 0 Å². The van der Waals surface area contributed by atoms with Crippen LogP contribution < -0.4 is 10.0 Å². The maximum absolute atomic E-state index is 12.3. The number of nitrogens with zero attached hydrogens (tertiary/aromatic N) is 1. The molecule has 0 aliphatic carbocycles. The molecule has 0 radical (unpaired) electrons. The van der Waals surface area contributed by atoms with Crippen molar-refractivity contribution >= 4 is 10.2 Å². The van der Waals surface area contributed by atoms with Crippen molar-refractivity contribution in [3.63, 3.8) is 0 Å². The van der Waals surface area contributed by atoms with E-state index in [0.717, 1.165) is 32.2 Å². The van der Waals surface area contributed by atoms with Crippen molar-refractivity contribution in [3.8, 4) is 0 Å². The molecule has 1 saturated heterocycles. The van der Waals surface area contributed by atoms with Crippen LogP contribution in [0.1, 0.15) is 53.4 Å². The summed E-state index contributed by atoms with van der Waals surface area (Å²) in [5.41, 5.74) is 0. The molecular formula is C14H31N3O2S. The molecule has 2 N–H and O–H groups in total. The molecule has 1 aliphatic heterocycles. The summed E-state index contributed by atoms with van der Waals surface area (Å²) < 4.78 is 29.0. The van der Waals surface area contributed by atoms with E-state index >= 15 is 0 Å². The van der Waals surface area contributed by atoms with E-state index in [1.54, 1.807) is 4.31 Å². The fourth-order valence-corrected chi connectivity index (χ4v) is 4.09. The Balaban J connectivity index is 2.43. The summed E-state index contributed by atoms with van der Waals surface area (Å²) in [4.78, 5) is 0. The van der Waals surface area contributed by atoms with Crippen LogP contribution in [0.4, 0.5) is 0 Å². The van der Waals surface area contributed by atoms with Crippen LogP contribution in [0.3, 0.4) is 0 Å².